The Labute approximate surface area is 112 Å². The first kappa shape index (κ1) is 13.3. The highest BCUT2D eigenvalue weighted by molar-refractivity contribution is 7.80. The Bertz CT molecular complexity index is 391. The Morgan fingerprint density at radius 3 is 2.56 bits per heavy atom. The van der Waals surface area contributed by atoms with E-state index in [2.05, 4.69) is 5.32 Å². The van der Waals surface area contributed by atoms with Crippen LogP contribution < -0.4 is 11.1 Å². The van der Waals surface area contributed by atoms with E-state index in [0.29, 0.717) is 25.8 Å². The van der Waals surface area contributed by atoms with Crippen molar-refractivity contribution in [3.8, 4) is 0 Å². The number of nitrogens with zero attached hydrogens (tertiary/aromatic N) is 1. The molecule has 3 N–H and O–H groups in total. The summed E-state index contributed by atoms with van der Waals surface area (Å²) < 4.78 is 0. The van der Waals surface area contributed by atoms with Crippen molar-refractivity contribution in [2.45, 2.75) is 38.1 Å². The summed E-state index contributed by atoms with van der Waals surface area (Å²) in [6, 6.07) is -0.408. The van der Waals surface area contributed by atoms with Gasteiger partial charge in [0.15, 0.2) is 0 Å². The number of nitrogens with two attached hydrogens (primary N) is 1. The van der Waals surface area contributed by atoms with Crippen molar-refractivity contribution in [1.29, 1.82) is 0 Å². The highest BCUT2D eigenvalue weighted by atomic mass is 32.1. The first-order valence-electron chi connectivity index (χ1n) is 6.33. The Morgan fingerprint density at radius 2 is 2.11 bits per heavy atom. The highest BCUT2D eigenvalue weighted by Gasteiger charge is 2.45. The van der Waals surface area contributed by atoms with Crippen molar-refractivity contribution < 1.29 is 9.59 Å². The van der Waals surface area contributed by atoms with Gasteiger partial charge in [0, 0.05) is 13.6 Å². The lowest BCUT2D eigenvalue weighted by Crippen LogP contribution is -2.51. The molecule has 2 fully saturated rings. The van der Waals surface area contributed by atoms with Crippen molar-refractivity contribution >= 4 is 29.0 Å². The average molecular weight is 269 g/mol. The molecule has 1 unspecified atom stereocenters. The largest absolute Gasteiger partial charge is 0.392 e. The van der Waals surface area contributed by atoms with Gasteiger partial charge >= 0.3 is 0 Å². The average Bonchev–Trinajstić information content (AvgIpc) is 2.92. The maximum atomic E-state index is 12.4. The van der Waals surface area contributed by atoms with Gasteiger partial charge in [-0.15, -0.1) is 0 Å². The van der Waals surface area contributed by atoms with Crippen LogP contribution in [0.5, 0.6) is 0 Å². The molecule has 0 bridgehead atoms. The topological polar surface area (TPSA) is 75.4 Å². The number of hydrogen-bond acceptors (Lipinski definition) is 3. The highest BCUT2D eigenvalue weighted by Crippen LogP contribution is 2.39. The van der Waals surface area contributed by atoms with E-state index in [1.165, 1.54) is 0 Å². The van der Waals surface area contributed by atoms with Crippen LogP contribution in [0.15, 0.2) is 0 Å². The molecule has 0 aromatic heterocycles. The van der Waals surface area contributed by atoms with Crippen molar-refractivity contribution in [3.05, 3.63) is 0 Å². The zero-order chi connectivity index (χ0) is 13.3. The molecule has 2 amide bonds. The summed E-state index contributed by atoms with van der Waals surface area (Å²) in [6.07, 6.45) is 3.98. The lowest BCUT2D eigenvalue weighted by atomic mass is 9.84. The minimum absolute atomic E-state index is 0.0283. The summed E-state index contributed by atoms with van der Waals surface area (Å²) in [5, 5.41) is 2.83. The van der Waals surface area contributed by atoms with E-state index in [-0.39, 0.29) is 16.8 Å². The van der Waals surface area contributed by atoms with Gasteiger partial charge in [-0.1, -0.05) is 25.1 Å². The maximum absolute atomic E-state index is 12.4. The van der Waals surface area contributed by atoms with Crippen LogP contribution in [0.4, 0.5) is 0 Å². The summed E-state index contributed by atoms with van der Waals surface area (Å²) >= 11 is 5.06. The second-order valence-corrected chi connectivity index (χ2v) is 5.67. The number of hydrogen-bond donors (Lipinski definition) is 2. The Hall–Kier alpha value is -1.17. The Balaban J connectivity index is 2.07. The summed E-state index contributed by atoms with van der Waals surface area (Å²) in [4.78, 5) is 26.0. The van der Waals surface area contributed by atoms with Gasteiger partial charge in [-0.3, -0.25) is 9.59 Å². The maximum Gasteiger partial charge on any atom is 0.244 e. The molecule has 0 aromatic carbocycles. The smallest absolute Gasteiger partial charge is 0.244 e. The van der Waals surface area contributed by atoms with E-state index in [4.69, 9.17) is 18.0 Å². The van der Waals surface area contributed by atoms with Crippen LogP contribution in [-0.4, -0.2) is 41.3 Å². The monoisotopic (exact) mass is 269 g/mol. The lowest BCUT2D eigenvalue weighted by Gasteiger charge is -2.27. The van der Waals surface area contributed by atoms with Gasteiger partial charge in [0.1, 0.15) is 6.04 Å². The first-order valence-corrected chi connectivity index (χ1v) is 6.74. The van der Waals surface area contributed by atoms with E-state index in [1.807, 2.05) is 0 Å². The van der Waals surface area contributed by atoms with Crippen LogP contribution in [0, 0.1) is 5.41 Å². The Morgan fingerprint density at radius 1 is 1.50 bits per heavy atom. The molecule has 0 aromatic rings. The number of likely N-dealkylation sites (tertiary alicyclic amines) is 1. The second kappa shape index (κ2) is 4.84. The SMILES string of the molecule is CN1CCC(NC(=O)C2(C(N)=S)CCCC2)C1=O. The van der Waals surface area contributed by atoms with Gasteiger partial charge in [-0.05, 0) is 19.3 Å². The van der Waals surface area contributed by atoms with Crippen molar-refractivity contribution in [3.63, 3.8) is 0 Å². The zero-order valence-corrected chi connectivity index (χ0v) is 11.4. The molecular formula is C12H19N3O2S. The molecule has 0 radical (unpaired) electrons. The number of carbonyl (C=O) groups is 2. The molecular weight excluding hydrogens is 250 g/mol. The van der Waals surface area contributed by atoms with E-state index < -0.39 is 11.5 Å². The van der Waals surface area contributed by atoms with Crippen LogP contribution in [-0.2, 0) is 9.59 Å². The third-order valence-electron chi connectivity index (χ3n) is 4.10. The van der Waals surface area contributed by atoms with E-state index in [0.717, 1.165) is 12.8 Å². The van der Waals surface area contributed by atoms with Crippen molar-refractivity contribution in [1.82, 2.24) is 10.2 Å². The molecule has 1 saturated carbocycles. The summed E-state index contributed by atoms with van der Waals surface area (Å²) in [5.41, 5.74) is 5.02. The first-order chi connectivity index (χ1) is 8.47. The number of rotatable bonds is 3. The third kappa shape index (κ3) is 2.09. The Kier molecular flexibility index (Phi) is 3.56. The molecule has 1 aliphatic carbocycles. The molecule has 1 saturated heterocycles. The van der Waals surface area contributed by atoms with Crippen LogP contribution >= 0.6 is 12.2 Å². The van der Waals surface area contributed by atoms with Gasteiger partial charge in [-0.25, -0.2) is 0 Å². The molecule has 1 atom stereocenters. The fourth-order valence-electron chi connectivity index (χ4n) is 2.82. The molecule has 1 aliphatic heterocycles. The molecule has 2 rings (SSSR count). The fourth-order valence-corrected chi connectivity index (χ4v) is 3.11. The molecule has 0 spiro atoms. The van der Waals surface area contributed by atoms with Crippen LogP contribution in [0.25, 0.3) is 0 Å². The van der Waals surface area contributed by atoms with Crippen LogP contribution in [0.3, 0.4) is 0 Å². The van der Waals surface area contributed by atoms with Gasteiger partial charge in [-0.2, -0.15) is 0 Å². The summed E-state index contributed by atoms with van der Waals surface area (Å²) in [5.74, 6) is -0.194. The predicted octanol–water partition coefficient (Wildman–Crippen LogP) is 0.180. The number of carbonyl (C=O) groups excluding carboxylic acids is 2. The molecule has 1 heterocycles. The number of likely N-dealkylation sites (N-methyl/N-ethyl adjacent to an activating group) is 1. The van der Waals surface area contributed by atoms with E-state index in [1.54, 1.807) is 11.9 Å². The molecule has 2 aliphatic rings. The van der Waals surface area contributed by atoms with Gasteiger partial charge < -0.3 is 16.0 Å². The summed E-state index contributed by atoms with van der Waals surface area (Å²) in [7, 11) is 1.74. The minimum atomic E-state index is -0.725. The lowest BCUT2D eigenvalue weighted by molar-refractivity contribution is -0.134. The predicted molar refractivity (Wildman–Crippen MR) is 71.9 cm³/mol. The number of thiocarbonyl (C=S) groups is 1. The van der Waals surface area contributed by atoms with Crippen LogP contribution in [0.1, 0.15) is 32.1 Å². The fraction of sp³-hybridized carbons (Fsp3) is 0.750. The van der Waals surface area contributed by atoms with Gasteiger partial charge in [0.05, 0.1) is 10.4 Å². The number of amides is 2. The van der Waals surface area contributed by atoms with Crippen molar-refractivity contribution in [2.24, 2.45) is 11.1 Å². The van der Waals surface area contributed by atoms with Gasteiger partial charge in [0.2, 0.25) is 11.8 Å². The zero-order valence-electron chi connectivity index (χ0n) is 10.6. The minimum Gasteiger partial charge on any atom is -0.392 e. The summed E-state index contributed by atoms with van der Waals surface area (Å²) in [6.45, 7) is 0.684. The normalized spacial score (nSPS) is 26.4. The standard InChI is InChI=1S/C12H19N3O2S/c1-15-7-4-8(9(15)16)14-11(17)12(10(13)18)5-2-3-6-12/h8H,2-7H2,1H3,(H2,13,18)(H,14,17). The van der Waals surface area contributed by atoms with E-state index >= 15 is 0 Å². The molecule has 6 heteroatoms. The number of nitrogens with one attached hydrogen (secondary N) is 1. The third-order valence-corrected chi connectivity index (χ3v) is 4.49. The second-order valence-electron chi connectivity index (χ2n) is 5.23. The quantitative estimate of drug-likeness (QED) is 0.717. The van der Waals surface area contributed by atoms with E-state index in [9.17, 15) is 9.59 Å². The molecule has 5 nitrogen and oxygen atoms in total. The van der Waals surface area contributed by atoms with Crippen LogP contribution in [0.2, 0.25) is 0 Å². The van der Waals surface area contributed by atoms with Gasteiger partial charge in [0.25, 0.3) is 0 Å². The molecule has 18 heavy (non-hydrogen) atoms. The van der Waals surface area contributed by atoms with Crippen molar-refractivity contribution in [2.75, 3.05) is 13.6 Å². The molecule has 100 valence electrons.